The summed E-state index contributed by atoms with van der Waals surface area (Å²) in [6, 6.07) is 14.3. The van der Waals surface area contributed by atoms with Crippen LogP contribution in [-0.4, -0.2) is 14.2 Å². The summed E-state index contributed by atoms with van der Waals surface area (Å²) in [5, 5.41) is 3.52. The Bertz CT molecular complexity index is 581. The van der Waals surface area contributed by atoms with Crippen molar-refractivity contribution in [1.82, 2.24) is 0 Å². The highest BCUT2D eigenvalue weighted by atomic mass is 16.5. The second-order valence-electron chi connectivity index (χ2n) is 4.79. The molecule has 0 aliphatic heterocycles. The highest BCUT2D eigenvalue weighted by Gasteiger charge is 2.13. The van der Waals surface area contributed by atoms with Crippen LogP contribution in [0.15, 0.2) is 42.5 Å². The van der Waals surface area contributed by atoms with Gasteiger partial charge in [-0.15, -0.1) is 0 Å². The number of para-hydroxylation sites is 1. The Hall–Kier alpha value is -2.16. The highest BCUT2D eigenvalue weighted by Crippen LogP contribution is 2.31. The Kier molecular flexibility index (Phi) is 4.51. The van der Waals surface area contributed by atoms with Crippen LogP contribution in [0.5, 0.6) is 11.5 Å². The number of anilines is 1. The molecule has 0 aromatic heterocycles. The summed E-state index contributed by atoms with van der Waals surface area (Å²) < 4.78 is 10.7. The van der Waals surface area contributed by atoms with Crippen molar-refractivity contribution in [3.05, 3.63) is 53.6 Å². The van der Waals surface area contributed by atoms with Crippen molar-refractivity contribution in [2.45, 2.75) is 19.9 Å². The average molecular weight is 271 g/mol. The summed E-state index contributed by atoms with van der Waals surface area (Å²) >= 11 is 0. The van der Waals surface area contributed by atoms with Gasteiger partial charge in [0.25, 0.3) is 0 Å². The monoisotopic (exact) mass is 271 g/mol. The zero-order valence-corrected chi connectivity index (χ0v) is 12.4. The molecule has 0 saturated carbocycles. The first kappa shape index (κ1) is 14.3. The molecule has 2 aromatic carbocycles. The fraction of sp³-hybridized carbons (Fsp3) is 0.294. The molecule has 0 fully saturated rings. The van der Waals surface area contributed by atoms with Crippen LogP contribution >= 0.6 is 0 Å². The van der Waals surface area contributed by atoms with Gasteiger partial charge in [0, 0.05) is 17.3 Å². The van der Waals surface area contributed by atoms with Crippen LogP contribution in [-0.2, 0) is 0 Å². The van der Waals surface area contributed by atoms with Crippen LogP contribution in [0, 0.1) is 6.92 Å². The van der Waals surface area contributed by atoms with Crippen LogP contribution in [0.4, 0.5) is 5.69 Å². The molecule has 0 heterocycles. The Morgan fingerprint density at radius 2 is 1.75 bits per heavy atom. The normalized spacial score (nSPS) is 11.8. The smallest absolute Gasteiger partial charge is 0.127 e. The minimum Gasteiger partial charge on any atom is -0.497 e. The van der Waals surface area contributed by atoms with E-state index in [9.17, 15) is 0 Å². The van der Waals surface area contributed by atoms with Gasteiger partial charge in [0.05, 0.1) is 20.3 Å². The molecular weight excluding hydrogens is 250 g/mol. The van der Waals surface area contributed by atoms with Gasteiger partial charge in [-0.2, -0.15) is 0 Å². The minimum atomic E-state index is 0.150. The van der Waals surface area contributed by atoms with E-state index in [0.29, 0.717) is 0 Å². The molecule has 1 unspecified atom stereocenters. The molecule has 1 atom stereocenters. The number of aryl methyl sites for hydroxylation is 1. The fourth-order valence-corrected chi connectivity index (χ4v) is 2.22. The van der Waals surface area contributed by atoms with Gasteiger partial charge in [-0.1, -0.05) is 18.2 Å². The Morgan fingerprint density at radius 3 is 2.40 bits per heavy atom. The van der Waals surface area contributed by atoms with Gasteiger partial charge in [-0.05, 0) is 37.6 Å². The van der Waals surface area contributed by atoms with Gasteiger partial charge in [-0.25, -0.2) is 0 Å². The van der Waals surface area contributed by atoms with Crippen LogP contribution < -0.4 is 14.8 Å². The second kappa shape index (κ2) is 6.33. The Balaban J connectivity index is 2.25. The van der Waals surface area contributed by atoms with E-state index in [2.05, 4.69) is 31.3 Å². The van der Waals surface area contributed by atoms with E-state index in [1.54, 1.807) is 14.2 Å². The highest BCUT2D eigenvalue weighted by molar-refractivity contribution is 5.53. The molecule has 2 rings (SSSR count). The van der Waals surface area contributed by atoms with Crippen molar-refractivity contribution >= 4 is 5.69 Å². The van der Waals surface area contributed by atoms with Crippen LogP contribution in [0.25, 0.3) is 0 Å². The summed E-state index contributed by atoms with van der Waals surface area (Å²) in [5.74, 6) is 1.63. The van der Waals surface area contributed by atoms with Crippen molar-refractivity contribution in [2.75, 3.05) is 19.5 Å². The van der Waals surface area contributed by atoms with Crippen molar-refractivity contribution in [3.63, 3.8) is 0 Å². The van der Waals surface area contributed by atoms with Gasteiger partial charge in [0.1, 0.15) is 11.5 Å². The Labute approximate surface area is 120 Å². The SMILES string of the molecule is COc1ccc(C(C)Nc2ccccc2C)c(OC)c1. The summed E-state index contributed by atoms with van der Waals surface area (Å²) in [7, 11) is 3.34. The van der Waals surface area contributed by atoms with Gasteiger partial charge >= 0.3 is 0 Å². The zero-order valence-electron chi connectivity index (χ0n) is 12.4. The van der Waals surface area contributed by atoms with Crippen LogP contribution in [0.1, 0.15) is 24.1 Å². The zero-order chi connectivity index (χ0) is 14.5. The minimum absolute atomic E-state index is 0.150. The molecule has 0 amide bonds. The lowest BCUT2D eigenvalue weighted by Crippen LogP contribution is -2.09. The molecule has 0 saturated heterocycles. The van der Waals surface area contributed by atoms with E-state index in [-0.39, 0.29) is 6.04 Å². The average Bonchev–Trinajstić information content (AvgIpc) is 2.48. The molecule has 1 N–H and O–H groups in total. The lowest BCUT2D eigenvalue weighted by atomic mass is 10.1. The quantitative estimate of drug-likeness (QED) is 0.884. The first-order valence-electron chi connectivity index (χ1n) is 6.69. The predicted octanol–water partition coefficient (Wildman–Crippen LogP) is 4.19. The molecule has 0 aliphatic carbocycles. The topological polar surface area (TPSA) is 30.5 Å². The van der Waals surface area contributed by atoms with Crippen LogP contribution in [0.2, 0.25) is 0 Å². The molecule has 0 radical (unpaired) electrons. The number of rotatable bonds is 5. The number of ether oxygens (including phenoxy) is 2. The lowest BCUT2D eigenvalue weighted by Gasteiger charge is -2.20. The van der Waals surface area contributed by atoms with E-state index in [4.69, 9.17) is 9.47 Å². The van der Waals surface area contributed by atoms with Crippen molar-refractivity contribution in [2.24, 2.45) is 0 Å². The Morgan fingerprint density at radius 1 is 1.00 bits per heavy atom. The number of methoxy groups -OCH3 is 2. The summed E-state index contributed by atoms with van der Waals surface area (Å²) in [4.78, 5) is 0. The third-order valence-electron chi connectivity index (χ3n) is 3.42. The molecule has 20 heavy (non-hydrogen) atoms. The van der Waals surface area contributed by atoms with Gasteiger partial charge in [-0.3, -0.25) is 0 Å². The van der Waals surface area contributed by atoms with Gasteiger partial charge < -0.3 is 14.8 Å². The molecule has 106 valence electrons. The fourth-order valence-electron chi connectivity index (χ4n) is 2.22. The lowest BCUT2D eigenvalue weighted by molar-refractivity contribution is 0.390. The number of benzene rings is 2. The second-order valence-corrected chi connectivity index (χ2v) is 4.79. The first-order valence-corrected chi connectivity index (χ1v) is 6.69. The molecule has 3 heteroatoms. The van der Waals surface area contributed by atoms with E-state index >= 15 is 0 Å². The van der Waals surface area contributed by atoms with Crippen molar-refractivity contribution < 1.29 is 9.47 Å². The van der Waals surface area contributed by atoms with E-state index in [0.717, 1.165) is 22.7 Å². The summed E-state index contributed by atoms with van der Waals surface area (Å²) in [6.45, 7) is 4.22. The van der Waals surface area contributed by atoms with Gasteiger partial charge in [0.15, 0.2) is 0 Å². The molecular formula is C17H21NO2. The molecule has 0 spiro atoms. The first-order chi connectivity index (χ1) is 9.65. The number of nitrogens with one attached hydrogen (secondary N) is 1. The third-order valence-corrected chi connectivity index (χ3v) is 3.42. The largest absolute Gasteiger partial charge is 0.497 e. The van der Waals surface area contributed by atoms with Gasteiger partial charge in [0.2, 0.25) is 0 Å². The van der Waals surface area contributed by atoms with E-state index in [1.807, 2.05) is 30.3 Å². The maximum absolute atomic E-state index is 5.46. The summed E-state index contributed by atoms with van der Waals surface area (Å²) in [5.41, 5.74) is 3.47. The van der Waals surface area contributed by atoms with E-state index < -0.39 is 0 Å². The maximum atomic E-state index is 5.46. The standard InChI is InChI=1S/C17H21NO2/c1-12-7-5-6-8-16(12)18-13(2)15-10-9-14(19-3)11-17(15)20-4/h5-11,13,18H,1-4H3. The van der Waals surface area contributed by atoms with E-state index in [1.165, 1.54) is 5.56 Å². The van der Waals surface area contributed by atoms with Crippen molar-refractivity contribution in [1.29, 1.82) is 0 Å². The number of hydrogen-bond donors (Lipinski definition) is 1. The maximum Gasteiger partial charge on any atom is 0.127 e. The third kappa shape index (κ3) is 3.05. The molecule has 3 nitrogen and oxygen atoms in total. The molecule has 2 aromatic rings. The predicted molar refractivity (Wildman–Crippen MR) is 82.8 cm³/mol. The summed E-state index contributed by atoms with van der Waals surface area (Å²) in [6.07, 6.45) is 0. The van der Waals surface area contributed by atoms with Crippen LogP contribution in [0.3, 0.4) is 0 Å². The molecule has 0 bridgehead atoms. The van der Waals surface area contributed by atoms with Crippen molar-refractivity contribution in [3.8, 4) is 11.5 Å². The number of hydrogen-bond acceptors (Lipinski definition) is 3. The molecule has 0 aliphatic rings.